The molecule has 0 unspecified atom stereocenters. The highest BCUT2D eigenvalue weighted by Crippen LogP contribution is 2.46. The average molecular weight is 524 g/mol. The van der Waals surface area contributed by atoms with Gasteiger partial charge in [-0.15, -0.1) is 5.92 Å². The fourth-order valence-electron chi connectivity index (χ4n) is 5.33. The highest BCUT2D eigenvalue weighted by Gasteiger charge is 2.33. The minimum absolute atomic E-state index is 0.142. The SMILES string of the molecule is [B]C1(C#Cc2ccc(S(=O)(=O)Nc3cc(F)c(C(=O)O)cc3OC)nc2)CCC(C2CCCCC2)CC1. The lowest BCUT2D eigenvalue weighted by Crippen LogP contribution is -2.26. The number of ether oxygens (including phenoxy) is 1. The predicted molar refractivity (Wildman–Crippen MR) is 139 cm³/mol. The van der Waals surface area contributed by atoms with Gasteiger partial charge in [0.05, 0.1) is 26.2 Å². The minimum atomic E-state index is -4.21. The molecule has 0 bridgehead atoms. The molecule has 2 aliphatic rings. The van der Waals surface area contributed by atoms with Gasteiger partial charge >= 0.3 is 5.97 Å². The Kier molecular flexibility index (Phi) is 8.12. The molecule has 2 radical (unpaired) electrons. The first-order valence-electron chi connectivity index (χ1n) is 12.5. The summed E-state index contributed by atoms with van der Waals surface area (Å²) in [5.41, 5.74) is -0.349. The molecule has 7 nitrogen and oxygen atoms in total. The maximum Gasteiger partial charge on any atom is 0.338 e. The smallest absolute Gasteiger partial charge is 0.338 e. The van der Waals surface area contributed by atoms with Crippen LogP contribution in [-0.2, 0) is 10.0 Å². The second-order valence-electron chi connectivity index (χ2n) is 9.97. The molecule has 37 heavy (non-hydrogen) atoms. The Hall–Kier alpha value is -3.06. The first-order chi connectivity index (χ1) is 17.6. The number of aromatic nitrogens is 1. The number of rotatable bonds is 6. The highest BCUT2D eigenvalue weighted by atomic mass is 32.2. The molecule has 0 atom stereocenters. The fourth-order valence-corrected chi connectivity index (χ4v) is 6.32. The maximum absolute atomic E-state index is 14.1. The van der Waals surface area contributed by atoms with Crippen LogP contribution in [-0.4, -0.2) is 39.4 Å². The van der Waals surface area contributed by atoms with E-state index in [1.54, 1.807) is 0 Å². The first-order valence-corrected chi connectivity index (χ1v) is 14.0. The molecule has 194 valence electrons. The molecule has 10 heteroatoms. The molecule has 1 heterocycles. The topological polar surface area (TPSA) is 106 Å². The van der Waals surface area contributed by atoms with Crippen molar-refractivity contribution in [1.82, 2.24) is 4.98 Å². The predicted octanol–water partition coefficient (Wildman–Crippen LogP) is 5.18. The lowest BCUT2D eigenvalue weighted by Gasteiger charge is -2.39. The van der Waals surface area contributed by atoms with Crippen LogP contribution < -0.4 is 9.46 Å². The van der Waals surface area contributed by atoms with E-state index in [-0.39, 0.29) is 16.5 Å². The van der Waals surface area contributed by atoms with E-state index in [0.717, 1.165) is 49.7 Å². The van der Waals surface area contributed by atoms with Crippen LogP contribution in [0, 0.1) is 29.5 Å². The number of hydrogen-bond acceptors (Lipinski definition) is 5. The van der Waals surface area contributed by atoms with Crippen molar-refractivity contribution in [2.45, 2.75) is 68.1 Å². The number of sulfonamides is 1. The summed E-state index contributed by atoms with van der Waals surface area (Å²) in [4.78, 5) is 15.1. The van der Waals surface area contributed by atoms with Crippen LogP contribution in [0.5, 0.6) is 5.75 Å². The Morgan fingerprint density at radius 1 is 1.16 bits per heavy atom. The molecule has 2 fully saturated rings. The van der Waals surface area contributed by atoms with Gasteiger partial charge in [0.2, 0.25) is 0 Å². The number of nitrogens with zero attached hydrogens (tertiary/aromatic N) is 1. The van der Waals surface area contributed by atoms with Gasteiger partial charge < -0.3 is 9.84 Å². The van der Waals surface area contributed by atoms with Gasteiger partial charge in [0.25, 0.3) is 10.0 Å². The molecule has 0 saturated heterocycles. The molecule has 2 aromatic rings. The van der Waals surface area contributed by atoms with Gasteiger partial charge in [-0.2, -0.15) is 8.42 Å². The van der Waals surface area contributed by atoms with E-state index in [1.165, 1.54) is 57.5 Å². The summed E-state index contributed by atoms with van der Waals surface area (Å²) < 4.78 is 47.0. The normalized spacial score (nSPS) is 22.5. The van der Waals surface area contributed by atoms with E-state index < -0.39 is 32.7 Å². The molecule has 2 aliphatic carbocycles. The van der Waals surface area contributed by atoms with Gasteiger partial charge in [-0.05, 0) is 61.0 Å². The number of halogens is 1. The van der Waals surface area contributed by atoms with Crippen LogP contribution in [0.4, 0.5) is 10.1 Å². The van der Waals surface area contributed by atoms with Gasteiger partial charge in [0.15, 0.2) is 5.03 Å². The molecule has 4 rings (SSSR count). The Labute approximate surface area is 218 Å². The third kappa shape index (κ3) is 6.45. The monoisotopic (exact) mass is 524 g/mol. The Morgan fingerprint density at radius 2 is 1.84 bits per heavy atom. The first kappa shape index (κ1) is 27.0. The highest BCUT2D eigenvalue weighted by molar-refractivity contribution is 7.92. The quantitative estimate of drug-likeness (QED) is 0.399. The number of carbonyl (C=O) groups is 1. The van der Waals surface area contributed by atoms with Crippen molar-refractivity contribution < 1.29 is 27.4 Å². The van der Waals surface area contributed by atoms with Crippen molar-refractivity contribution in [3.63, 3.8) is 0 Å². The lowest BCUT2D eigenvalue weighted by molar-refractivity contribution is 0.0691. The molecule has 1 aromatic carbocycles. The minimum Gasteiger partial charge on any atom is -0.495 e. The largest absolute Gasteiger partial charge is 0.495 e. The number of methoxy groups -OCH3 is 1. The Morgan fingerprint density at radius 3 is 2.43 bits per heavy atom. The number of carboxylic acid groups (broad SMARTS) is 1. The van der Waals surface area contributed by atoms with Crippen LogP contribution in [0.2, 0.25) is 5.31 Å². The zero-order chi connectivity index (χ0) is 26.6. The summed E-state index contributed by atoms with van der Waals surface area (Å²) in [6.45, 7) is 0. The van der Waals surface area contributed by atoms with Crippen LogP contribution in [0.1, 0.15) is 73.7 Å². The summed E-state index contributed by atoms with van der Waals surface area (Å²) in [7, 11) is 3.59. The van der Waals surface area contributed by atoms with Gasteiger partial charge in [-0.25, -0.2) is 14.2 Å². The van der Waals surface area contributed by atoms with Crippen molar-refractivity contribution in [2.24, 2.45) is 11.8 Å². The molecule has 0 aliphatic heterocycles. The molecule has 2 N–H and O–H groups in total. The van der Waals surface area contributed by atoms with Crippen molar-refractivity contribution in [3.8, 4) is 17.6 Å². The maximum atomic E-state index is 14.1. The fraction of sp³-hybridized carbons (Fsp3) is 0.481. The number of aromatic carboxylic acids is 1. The van der Waals surface area contributed by atoms with Crippen LogP contribution in [0.3, 0.4) is 0 Å². The van der Waals surface area contributed by atoms with Crippen molar-refractivity contribution >= 4 is 29.5 Å². The zero-order valence-corrected chi connectivity index (χ0v) is 21.6. The second-order valence-corrected chi connectivity index (χ2v) is 11.6. The van der Waals surface area contributed by atoms with Crippen LogP contribution in [0.15, 0.2) is 35.5 Å². The van der Waals surface area contributed by atoms with E-state index in [0.29, 0.717) is 5.56 Å². The van der Waals surface area contributed by atoms with Gasteiger partial charge in [0.1, 0.15) is 11.6 Å². The van der Waals surface area contributed by atoms with Gasteiger partial charge in [-0.3, -0.25) is 4.72 Å². The van der Waals surface area contributed by atoms with E-state index >= 15 is 0 Å². The van der Waals surface area contributed by atoms with Gasteiger partial charge in [-0.1, -0.05) is 38.0 Å². The molecule has 2 saturated carbocycles. The number of pyridine rings is 1. The van der Waals surface area contributed by atoms with E-state index in [9.17, 15) is 17.6 Å². The standard InChI is InChI=1S/C27H30BFN2O5S/c1-36-24-15-21(26(32)33)22(29)16-23(24)31-37(34,35)25-8-7-18(17-30-25)9-12-27(28)13-10-20(11-14-27)19-5-3-2-4-6-19/h7-8,15-17,19-20,31H,2-6,10-11,13-14H2,1H3,(H,32,33). The summed E-state index contributed by atoms with van der Waals surface area (Å²) in [6.07, 6.45) is 11.9. The van der Waals surface area contributed by atoms with Crippen molar-refractivity contribution in [2.75, 3.05) is 11.8 Å². The molecule has 0 amide bonds. The summed E-state index contributed by atoms with van der Waals surface area (Å²) in [5, 5.41) is 8.20. The molecular formula is C27H30BFN2O5S. The third-order valence-corrected chi connectivity index (χ3v) is 8.75. The number of anilines is 1. The molecule has 1 aromatic heterocycles. The van der Waals surface area contributed by atoms with Crippen LogP contribution in [0.25, 0.3) is 0 Å². The summed E-state index contributed by atoms with van der Waals surface area (Å²) in [5.74, 6) is 5.05. The lowest BCUT2D eigenvalue weighted by atomic mass is 9.57. The van der Waals surface area contributed by atoms with Crippen molar-refractivity contribution in [3.05, 3.63) is 47.4 Å². The Balaban J connectivity index is 1.43. The third-order valence-electron chi connectivity index (χ3n) is 7.47. The average Bonchev–Trinajstić information content (AvgIpc) is 2.88. The Bertz CT molecular complexity index is 1310. The number of hydrogen-bond donors (Lipinski definition) is 2. The zero-order valence-electron chi connectivity index (χ0n) is 20.8. The van der Waals surface area contributed by atoms with E-state index in [4.69, 9.17) is 17.7 Å². The molecular weight excluding hydrogens is 494 g/mol. The van der Waals surface area contributed by atoms with E-state index in [2.05, 4.69) is 21.5 Å². The number of benzene rings is 1. The van der Waals surface area contributed by atoms with E-state index in [1.807, 2.05) is 0 Å². The summed E-state index contributed by atoms with van der Waals surface area (Å²) >= 11 is 0. The van der Waals surface area contributed by atoms with Gasteiger partial charge in [0, 0.05) is 17.8 Å². The summed E-state index contributed by atoms with van der Waals surface area (Å²) in [6, 6.07) is 4.50. The van der Waals surface area contributed by atoms with Crippen LogP contribution >= 0.6 is 0 Å². The number of nitrogens with one attached hydrogen (secondary N) is 1. The van der Waals surface area contributed by atoms with Crippen molar-refractivity contribution in [1.29, 1.82) is 0 Å². The number of carboxylic acids is 1. The second kappa shape index (κ2) is 11.1. The molecule has 0 spiro atoms.